The number of H-pyrrole nitrogens is 2. The van der Waals surface area contributed by atoms with E-state index in [1.165, 1.54) is 4.57 Å². The van der Waals surface area contributed by atoms with E-state index in [0.29, 0.717) is 17.7 Å². The fraction of sp³-hybridized carbons (Fsp3) is 0.545. The molecule has 0 aliphatic carbocycles. The molecule has 98 valence electrons. The van der Waals surface area contributed by atoms with E-state index in [1.807, 2.05) is 20.1 Å². The predicted octanol–water partition coefficient (Wildman–Crippen LogP) is 0.899. The lowest BCUT2D eigenvalue weighted by molar-refractivity contribution is 0.716. The second-order valence-corrected chi connectivity index (χ2v) is 5.09. The molecule has 2 aromatic rings. The highest BCUT2D eigenvalue weighted by molar-refractivity contribution is 7.98. The summed E-state index contributed by atoms with van der Waals surface area (Å²) in [7, 11) is 0. The largest absolute Gasteiger partial charge is 0.336 e. The van der Waals surface area contributed by atoms with Gasteiger partial charge in [0.2, 0.25) is 0 Å². The average Bonchev–Trinajstić information content (AvgIpc) is 2.75. The minimum Gasteiger partial charge on any atom is -0.336 e. The van der Waals surface area contributed by atoms with Crippen LogP contribution in [-0.4, -0.2) is 31.5 Å². The van der Waals surface area contributed by atoms with Gasteiger partial charge in [-0.25, -0.2) is 9.78 Å². The van der Waals surface area contributed by atoms with Crippen LogP contribution in [0.25, 0.3) is 11.2 Å². The normalized spacial score (nSPS) is 13.1. The van der Waals surface area contributed by atoms with Gasteiger partial charge in [-0.1, -0.05) is 6.92 Å². The first-order chi connectivity index (χ1) is 8.58. The van der Waals surface area contributed by atoms with E-state index in [9.17, 15) is 9.59 Å². The van der Waals surface area contributed by atoms with Crippen LogP contribution in [0.15, 0.2) is 9.59 Å². The lowest BCUT2D eigenvalue weighted by Crippen LogP contribution is -2.29. The molecule has 6 nitrogen and oxygen atoms in total. The molecule has 1 atom stereocenters. The lowest BCUT2D eigenvalue weighted by Gasteiger charge is -2.04. The van der Waals surface area contributed by atoms with Crippen LogP contribution in [0.4, 0.5) is 0 Å². The zero-order valence-corrected chi connectivity index (χ0v) is 11.4. The second-order valence-electron chi connectivity index (χ2n) is 4.18. The van der Waals surface area contributed by atoms with Crippen LogP contribution < -0.4 is 11.2 Å². The fourth-order valence-corrected chi connectivity index (χ4v) is 2.57. The molecule has 0 amide bonds. The maximum atomic E-state index is 11.7. The van der Waals surface area contributed by atoms with Gasteiger partial charge >= 0.3 is 5.69 Å². The van der Waals surface area contributed by atoms with Crippen LogP contribution in [-0.2, 0) is 6.54 Å². The number of aromatic nitrogens is 4. The molecule has 2 N–H and O–H groups in total. The molecule has 2 heterocycles. The van der Waals surface area contributed by atoms with Crippen molar-refractivity contribution in [3.8, 4) is 0 Å². The number of fused-ring (bicyclic) bond motifs is 1. The first kappa shape index (κ1) is 12.9. The van der Waals surface area contributed by atoms with Gasteiger partial charge in [-0.05, 0) is 13.2 Å². The first-order valence-corrected chi connectivity index (χ1v) is 7.19. The van der Waals surface area contributed by atoms with E-state index in [4.69, 9.17) is 0 Å². The highest BCUT2D eigenvalue weighted by atomic mass is 32.2. The first-order valence-electron chi connectivity index (χ1n) is 5.80. The number of thioether (sulfide) groups is 1. The Hall–Kier alpha value is -1.50. The number of aromatic amines is 2. The van der Waals surface area contributed by atoms with Crippen molar-refractivity contribution in [2.45, 2.75) is 26.3 Å². The Morgan fingerprint density at radius 1 is 1.39 bits per heavy atom. The van der Waals surface area contributed by atoms with E-state index in [-0.39, 0.29) is 5.92 Å². The zero-order valence-electron chi connectivity index (χ0n) is 10.6. The van der Waals surface area contributed by atoms with Crippen LogP contribution in [0, 0.1) is 0 Å². The fourth-order valence-electron chi connectivity index (χ4n) is 1.91. The second kappa shape index (κ2) is 5.01. The summed E-state index contributed by atoms with van der Waals surface area (Å²) in [5.74, 6) is 1.87. The molecule has 0 aliphatic rings. The van der Waals surface area contributed by atoms with E-state index in [2.05, 4.69) is 15.0 Å². The van der Waals surface area contributed by atoms with Crippen LogP contribution in [0.3, 0.4) is 0 Å². The highest BCUT2D eigenvalue weighted by Gasteiger charge is 2.15. The number of hydrogen-bond donors (Lipinski definition) is 2. The summed E-state index contributed by atoms with van der Waals surface area (Å²) in [5, 5.41) is 0. The Balaban J connectivity index is 2.67. The van der Waals surface area contributed by atoms with Crippen LogP contribution in [0.1, 0.15) is 25.6 Å². The molecule has 2 rings (SSSR count). The number of rotatable bonds is 4. The van der Waals surface area contributed by atoms with E-state index < -0.39 is 11.2 Å². The van der Waals surface area contributed by atoms with Gasteiger partial charge in [-0.3, -0.25) is 14.3 Å². The molecule has 18 heavy (non-hydrogen) atoms. The molecule has 0 fully saturated rings. The number of aryl methyl sites for hydroxylation is 1. The maximum Gasteiger partial charge on any atom is 0.330 e. The third kappa shape index (κ3) is 2.10. The van der Waals surface area contributed by atoms with Gasteiger partial charge in [0.25, 0.3) is 5.56 Å². The molecule has 0 spiro atoms. The molecular formula is C11H16N4O2S. The van der Waals surface area contributed by atoms with Crippen LogP contribution in [0.2, 0.25) is 0 Å². The number of nitrogens with zero attached hydrogens (tertiary/aromatic N) is 2. The van der Waals surface area contributed by atoms with Crippen molar-refractivity contribution in [3.05, 3.63) is 26.7 Å². The molecule has 2 aromatic heterocycles. The van der Waals surface area contributed by atoms with E-state index in [0.717, 1.165) is 11.6 Å². The highest BCUT2D eigenvalue weighted by Crippen LogP contribution is 2.17. The summed E-state index contributed by atoms with van der Waals surface area (Å²) in [6, 6.07) is 0. The maximum absolute atomic E-state index is 11.7. The summed E-state index contributed by atoms with van der Waals surface area (Å²) >= 11 is 1.72. The van der Waals surface area contributed by atoms with E-state index >= 15 is 0 Å². The van der Waals surface area contributed by atoms with Gasteiger partial charge in [0, 0.05) is 18.2 Å². The van der Waals surface area contributed by atoms with Crippen molar-refractivity contribution in [2.24, 2.45) is 0 Å². The topological polar surface area (TPSA) is 83.5 Å². The predicted molar refractivity (Wildman–Crippen MR) is 73.4 cm³/mol. The van der Waals surface area contributed by atoms with Crippen molar-refractivity contribution in [1.29, 1.82) is 0 Å². The summed E-state index contributed by atoms with van der Waals surface area (Å²) < 4.78 is 1.46. The monoisotopic (exact) mass is 268 g/mol. The molecule has 0 aliphatic heterocycles. The smallest absolute Gasteiger partial charge is 0.330 e. The molecule has 0 radical (unpaired) electrons. The number of nitrogens with one attached hydrogen (secondary N) is 2. The average molecular weight is 268 g/mol. The molecule has 7 heteroatoms. The minimum absolute atomic E-state index is 0.215. The molecule has 1 unspecified atom stereocenters. The SMILES string of the molecule is CCn1c(=O)[nH]c(=O)c2[nH]c(C(C)CSC)nc21. The van der Waals surface area contributed by atoms with Gasteiger partial charge in [0.05, 0.1) is 0 Å². The molecular weight excluding hydrogens is 252 g/mol. The summed E-state index contributed by atoms with van der Waals surface area (Å²) in [5.41, 5.74) is -0.00558. The Morgan fingerprint density at radius 3 is 2.72 bits per heavy atom. The Bertz CT molecular complexity index is 670. The van der Waals surface area contributed by atoms with Gasteiger partial charge in [-0.2, -0.15) is 11.8 Å². The molecule has 0 saturated heterocycles. The van der Waals surface area contributed by atoms with Gasteiger partial charge in [0.15, 0.2) is 5.65 Å². The Labute approximate surface area is 108 Å². The quantitative estimate of drug-likeness (QED) is 0.863. The van der Waals surface area contributed by atoms with Gasteiger partial charge in [0.1, 0.15) is 11.3 Å². The third-order valence-electron chi connectivity index (χ3n) is 2.85. The van der Waals surface area contributed by atoms with Crippen LogP contribution >= 0.6 is 11.8 Å². The third-order valence-corrected chi connectivity index (χ3v) is 3.68. The van der Waals surface area contributed by atoms with Crippen molar-refractivity contribution in [2.75, 3.05) is 12.0 Å². The summed E-state index contributed by atoms with van der Waals surface area (Å²) in [6.07, 6.45) is 2.02. The van der Waals surface area contributed by atoms with Crippen LogP contribution in [0.5, 0.6) is 0 Å². The Kier molecular flexibility index (Phi) is 3.60. The molecule has 0 bridgehead atoms. The minimum atomic E-state index is -0.412. The van der Waals surface area contributed by atoms with Crippen molar-refractivity contribution < 1.29 is 0 Å². The lowest BCUT2D eigenvalue weighted by atomic mass is 10.2. The van der Waals surface area contributed by atoms with E-state index in [1.54, 1.807) is 11.8 Å². The van der Waals surface area contributed by atoms with Gasteiger partial charge in [-0.15, -0.1) is 0 Å². The summed E-state index contributed by atoms with van der Waals surface area (Å²) in [6.45, 7) is 4.36. The summed E-state index contributed by atoms with van der Waals surface area (Å²) in [4.78, 5) is 33.1. The number of imidazole rings is 1. The van der Waals surface area contributed by atoms with Gasteiger partial charge < -0.3 is 4.98 Å². The zero-order chi connectivity index (χ0) is 13.3. The number of hydrogen-bond acceptors (Lipinski definition) is 4. The molecule has 0 saturated carbocycles. The van der Waals surface area contributed by atoms with Crippen molar-refractivity contribution >= 4 is 22.9 Å². The molecule has 0 aromatic carbocycles. The van der Waals surface area contributed by atoms with Crippen molar-refractivity contribution in [1.82, 2.24) is 19.5 Å². The standard InChI is InChI=1S/C11H16N4O2S/c1-4-15-9-7(10(16)14-11(15)17)12-8(13-9)6(2)5-18-3/h6H,4-5H2,1-3H3,(H,12,13)(H,14,16,17). The van der Waals surface area contributed by atoms with Crippen molar-refractivity contribution in [3.63, 3.8) is 0 Å². The Morgan fingerprint density at radius 2 is 2.11 bits per heavy atom.